The summed E-state index contributed by atoms with van der Waals surface area (Å²) in [6.07, 6.45) is 3.45. The molecule has 0 aromatic rings. The van der Waals surface area contributed by atoms with Crippen LogP contribution >= 0.6 is 0 Å². The Morgan fingerprint density at radius 3 is 2.30 bits per heavy atom. The average Bonchev–Trinajstić information content (AvgIpc) is 3.05. The second-order valence-corrected chi connectivity index (χ2v) is 6.44. The molecule has 0 aliphatic heterocycles. The summed E-state index contributed by atoms with van der Waals surface area (Å²) in [5, 5.41) is 0. The summed E-state index contributed by atoms with van der Waals surface area (Å²) in [6.45, 7) is 5.26. The Hall–Kier alpha value is -1.59. The maximum absolute atomic E-state index is 12.5. The predicted octanol–water partition coefficient (Wildman–Crippen LogP) is 2.24. The summed E-state index contributed by atoms with van der Waals surface area (Å²) in [4.78, 5) is 36.2. The van der Waals surface area contributed by atoms with Crippen LogP contribution in [0.1, 0.15) is 52.9 Å². The average molecular weight is 326 g/mol. The van der Waals surface area contributed by atoms with Crippen LogP contribution in [0.3, 0.4) is 0 Å². The third-order valence-corrected chi connectivity index (χ3v) is 5.01. The topological polar surface area (TPSA) is 78.9 Å². The highest BCUT2D eigenvalue weighted by Gasteiger charge is 2.60. The van der Waals surface area contributed by atoms with Crippen LogP contribution in [0, 0.1) is 17.8 Å². The summed E-state index contributed by atoms with van der Waals surface area (Å²) in [5.41, 5.74) is -0.923. The van der Waals surface area contributed by atoms with Gasteiger partial charge in [0, 0.05) is 6.92 Å². The molecule has 0 aromatic carbocycles. The number of esters is 3. The van der Waals surface area contributed by atoms with E-state index in [4.69, 9.17) is 14.2 Å². The lowest BCUT2D eigenvalue weighted by molar-refractivity contribution is -0.187. The molecule has 0 saturated heterocycles. The van der Waals surface area contributed by atoms with Crippen LogP contribution < -0.4 is 0 Å². The molecule has 2 rings (SSSR count). The monoisotopic (exact) mass is 326 g/mol. The Labute approximate surface area is 136 Å². The minimum absolute atomic E-state index is 0.108. The fraction of sp³-hybridized carbons (Fsp3) is 0.824. The Bertz CT molecular complexity index is 474. The lowest BCUT2D eigenvalue weighted by Gasteiger charge is -2.41. The van der Waals surface area contributed by atoms with E-state index in [9.17, 15) is 14.4 Å². The van der Waals surface area contributed by atoms with E-state index < -0.39 is 29.4 Å². The lowest BCUT2D eigenvalue weighted by atomic mass is 9.73. The van der Waals surface area contributed by atoms with Crippen LogP contribution in [0.4, 0.5) is 0 Å². The van der Waals surface area contributed by atoms with Gasteiger partial charge < -0.3 is 14.2 Å². The number of fused-ring (bicyclic) bond motifs is 2. The second kappa shape index (κ2) is 7.32. The number of carbonyl (C=O) groups excluding carboxylic acids is 3. The molecule has 1 unspecified atom stereocenters. The van der Waals surface area contributed by atoms with Gasteiger partial charge in [0.05, 0.1) is 19.6 Å². The van der Waals surface area contributed by atoms with Crippen LogP contribution in [-0.2, 0) is 28.6 Å². The van der Waals surface area contributed by atoms with Crippen LogP contribution in [0.2, 0.25) is 0 Å². The zero-order valence-electron chi connectivity index (χ0n) is 14.1. The smallest absolute Gasteiger partial charge is 0.313 e. The van der Waals surface area contributed by atoms with Crippen LogP contribution in [0.25, 0.3) is 0 Å². The Kier molecular flexibility index (Phi) is 5.65. The molecule has 0 heterocycles. The normalized spacial score (nSPS) is 29.9. The molecule has 23 heavy (non-hydrogen) atoms. The molecule has 0 aromatic heterocycles. The van der Waals surface area contributed by atoms with Crippen molar-refractivity contribution in [2.75, 3.05) is 13.2 Å². The molecular formula is C17H26O6. The van der Waals surface area contributed by atoms with E-state index in [1.807, 2.05) is 0 Å². The summed E-state index contributed by atoms with van der Waals surface area (Å²) in [7, 11) is 0. The first kappa shape index (κ1) is 17.8. The van der Waals surface area contributed by atoms with E-state index in [0.717, 1.165) is 19.3 Å². The minimum Gasteiger partial charge on any atom is -0.466 e. The summed E-state index contributed by atoms with van der Waals surface area (Å²) in [6, 6.07) is 0. The molecule has 6 heteroatoms. The molecular weight excluding hydrogens is 300 g/mol. The molecule has 130 valence electrons. The van der Waals surface area contributed by atoms with Crippen LogP contribution in [0.15, 0.2) is 0 Å². The number of rotatable bonds is 7. The van der Waals surface area contributed by atoms with Crippen molar-refractivity contribution in [1.29, 1.82) is 0 Å². The molecule has 0 spiro atoms. The summed E-state index contributed by atoms with van der Waals surface area (Å²) < 4.78 is 15.9. The van der Waals surface area contributed by atoms with E-state index in [-0.39, 0.29) is 25.6 Å². The van der Waals surface area contributed by atoms with E-state index in [1.54, 1.807) is 13.8 Å². The van der Waals surface area contributed by atoms with Crippen molar-refractivity contribution in [3.63, 3.8) is 0 Å². The second-order valence-electron chi connectivity index (χ2n) is 6.44. The maximum Gasteiger partial charge on any atom is 0.313 e. The van der Waals surface area contributed by atoms with Gasteiger partial charge >= 0.3 is 17.9 Å². The first-order valence-corrected chi connectivity index (χ1v) is 8.44. The van der Waals surface area contributed by atoms with Crippen molar-refractivity contribution < 1.29 is 28.6 Å². The maximum atomic E-state index is 12.5. The number of hydrogen-bond donors (Lipinski definition) is 0. The molecule has 0 amide bonds. The fourth-order valence-electron chi connectivity index (χ4n) is 4.30. The van der Waals surface area contributed by atoms with Gasteiger partial charge in [0.2, 0.25) is 0 Å². The van der Waals surface area contributed by atoms with Gasteiger partial charge in [-0.3, -0.25) is 14.4 Å². The zero-order chi connectivity index (χ0) is 17.0. The highest BCUT2D eigenvalue weighted by molar-refractivity contribution is 5.82. The summed E-state index contributed by atoms with van der Waals surface area (Å²) >= 11 is 0. The van der Waals surface area contributed by atoms with Gasteiger partial charge in [0.25, 0.3) is 0 Å². The zero-order valence-corrected chi connectivity index (χ0v) is 14.1. The number of hydrogen-bond acceptors (Lipinski definition) is 6. The molecule has 0 radical (unpaired) electrons. The van der Waals surface area contributed by atoms with Gasteiger partial charge in [0.1, 0.15) is 11.5 Å². The van der Waals surface area contributed by atoms with Crippen molar-refractivity contribution in [3.05, 3.63) is 0 Å². The van der Waals surface area contributed by atoms with Gasteiger partial charge in [-0.05, 0) is 51.4 Å². The first-order chi connectivity index (χ1) is 10.9. The minimum atomic E-state index is -0.923. The fourth-order valence-corrected chi connectivity index (χ4v) is 4.30. The Morgan fingerprint density at radius 2 is 1.83 bits per heavy atom. The van der Waals surface area contributed by atoms with E-state index >= 15 is 0 Å². The van der Waals surface area contributed by atoms with Gasteiger partial charge in [-0.1, -0.05) is 0 Å². The molecule has 2 aliphatic rings. The molecule has 6 nitrogen and oxygen atoms in total. The van der Waals surface area contributed by atoms with Gasteiger partial charge in [-0.15, -0.1) is 0 Å². The van der Waals surface area contributed by atoms with Crippen LogP contribution in [0.5, 0.6) is 0 Å². The van der Waals surface area contributed by atoms with Gasteiger partial charge in [0.15, 0.2) is 0 Å². The van der Waals surface area contributed by atoms with Crippen molar-refractivity contribution in [2.24, 2.45) is 17.8 Å². The largest absolute Gasteiger partial charge is 0.466 e. The van der Waals surface area contributed by atoms with E-state index in [1.165, 1.54) is 6.92 Å². The quantitative estimate of drug-likeness (QED) is 0.527. The van der Waals surface area contributed by atoms with Gasteiger partial charge in [-0.25, -0.2) is 0 Å². The highest BCUT2D eigenvalue weighted by atomic mass is 16.6. The molecule has 2 bridgehead atoms. The Morgan fingerprint density at radius 1 is 1.13 bits per heavy atom. The standard InChI is InChI=1S/C17H26O6/c1-4-21-15(19)9-14(16(20)22-5-2)17(23-11(3)18)10-12-6-7-13(17)8-12/h12-14H,4-10H2,1-3H3/t12-,13+,14?,17+/m1/s1. The molecule has 2 saturated carbocycles. The van der Waals surface area contributed by atoms with Crippen molar-refractivity contribution >= 4 is 17.9 Å². The third kappa shape index (κ3) is 3.67. The molecule has 4 atom stereocenters. The van der Waals surface area contributed by atoms with E-state index in [0.29, 0.717) is 12.3 Å². The predicted molar refractivity (Wildman–Crippen MR) is 81.3 cm³/mol. The molecule has 0 N–H and O–H groups in total. The number of ether oxygens (including phenoxy) is 3. The third-order valence-electron chi connectivity index (χ3n) is 5.01. The van der Waals surface area contributed by atoms with Crippen LogP contribution in [-0.4, -0.2) is 36.7 Å². The summed E-state index contributed by atoms with van der Waals surface area (Å²) in [5.74, 6) is -1.59. The number of carbonyl (C=O) groups is 3. The highest BCUT2D eigenvalue weighted by Crippen LogP contribution is 2.56. The SMILES string of the molecule is CCOC(=O)CC(C(=O)OCC)[C@]1(OC(C)=O)C[C@@H]2CC[C@H]1C2. The van der Waals surface area contributed by atoms with Crippen molar-refractivity contribution in [1.82, 2.24) is 0 Å². The van der Waals surface area contributed by atoms with Crippen molar-refractivity contribution in [2.45, 2.75) is 58.5 Å². The van der Waals surface area contributed by atoms with E-state index in [2.05, 4.69) is 0 Å². The van der Waals surface area contributed by atoms with Crippen molar-refractivity contribution in [3.8, 4) is 0 Å². The molecule has 2 fully saturated rings. The first-order valence-electron chi connectivity index (χ1n) is 8.44. The lowest BCUT2D eigenvalue weighted by Crippen LogP contribution is -2.51. The van der Waals surface area contributed by atoms with Gasteiger partial charge in [-0.2, -0.15) is 0 Å². The molecule has 2 aliphatic carbocycles. The Balaban J connectivity index is 2.30.